The van der Waals surface area contributed by atoms with Crippen LogP contribution in [0.15, 0.2) is 53.6 Å². The number of aromatic nitrogens is 2. The third-order valence-corrected chi connectivity index (χ3v) is 7.90. The van der Waals surface area contributed by atoms with Gasteiger partial charge in [-0.1, -0.05) is 6.07 Å². The van der Waals surface area contributed by atoms with Crippen molar-refractivity contribution in [3.63, 3.8) is 0 Å². The molecule has 2 aromatic heterocycles. The lowest BCUT2D eigenvalue weighted by atomic mass is 9.97. The van der Waals surface area contributed by atoms with Crippen molar-refractivity contribution in [3.05, 3.63) is 81.9 Å². The van der Waals surface area contributed by atoms with E-state index in [-0.39, 0.29) is 35.7 Å². The number of rotatable bonds is 6. The Labute approximate surface area is 224 Å². The number of benzene rings is 2. The van der Waals surface area contributed by atoms with Crippen molar-refractivity contribution < 1.29 is 22.0 Å². The molecular formula is C28H28F2N4O4S. The van der Waals surface area contributed by atoms with E-state index in [0.29, 0.717) is 38.8 Å². The summed E-state index contributed by atoms with van der Waals surface area (Å²) < 4.78 is 55.1. The molecular weight excluding hydrogens is 526 g/mol. The zero-order chi connectivity index (χ0) is 28.2. The average molecular weight is 555 g/mol. The van der Waals surface area contributed by atoms with E-state index in [9.17, 15) is 22.4 Å². The molecule has 204 valence electrons. The van der Waals surface area contributed by atoms with E-state index < -0.39 is 27.5 Å². The first-order valence-electron chi connectivity index (χ1n) is 12.3. The van der Waals surface area contributed by atoms with E-state index in [1.54, 1.807) is 56.6 Å². The molecule has 1 N–H and O–H groups in total. The molecule has 0 radical (unpaired) electrons. The molecule has 39 heavy (non-hydrogen) atoms. The van der Waals surface area contributed by atoms with Gasteiger partial charge in [-0.25, -0.2) is 17.2 Å². The molecule has 5 rings (SSSR count). The van der Waals surface area contributed by atoms with Crippen LogP contribution >= 0.6 is 0 Å². The molecule has 2 aromatic carbocycles. The van der Waals surface area contributed by atoms with Crippen LogP contribution in [-0.2, 0) is 27.4 Å². The van der Waals surface area contributed by atoms with Crippen LogP contribution in [0.2, 0.25) is 0 Å². The number of carbonyl (C=O) groups is 1. The van der Waals surface area contributed by atoms with Crippen molar-refractivity contribution in [2.24, 2.45) is 7.05 Å². The first kappa shape index (κ1) is 26.6. The molecule has 0 saturated carbocycles. The summed E-state index contributed by atoms with van der Waals surface area (Å²) in [4.78, 5) is 32.0. The maximum atomic E-state index is 15.4. The Bertz CT molecular complexity index is 1790. The standard InChI is InChI=1S/C28H28F2N4O4S/c1-32(2)25(35)10-9-23-19-13-31-27-26(19)20(14-33(3)28(27)36)18-11-16(15-39(4,37)38)5-7-22(18)34(23)24-8-6-17(29)12-21(24)30/h5-8,11-14,23,31H,9-10,15H2,1-4H3. The minimum Gasteiger partial charge on any atom is -0.356 e. The van der Waals surface area contributed by atoms with Gasteiger partial charge in [0, 0.05) is 80.0 Å². The van der Waals surface area contributed by atoms with Crippen molar-refractivity contribution in [1.82, 2.24) is 14.5 Å². The Morgan fingerprint density at radius 2 is 1.79 bits per heavy atom. The van der Waals surface area contributed by atoms with Gasteiger partial charge in [0.25, 0.3) is 5.56 Å². The van der Waals surface area contributed by atoms with E-state index in [2.05, 4.69) is 4.98 Å². The zero-order valence-corrected chi connectivity index (χ0v) is 22.8. The van der Waals surface area contributed by atoms with Gasteiger partial charge in [0.15, 0.2) is 9.84 Å². The van der Waals surface area contributed by atoms with Gasteiger partial charge in [-0.15, -0.1) is 0 Å². The van der Waals surface area contributed by atoms with E-state index in [1.807, 2.05) is 0 Å². The molecule has 1 atom stereocenters. The second kappa shape index (κ2) is 9.64. The Morgan fingerprint density at radius 3 is 2.46 bits per heavy atom. The number of anilines is 2. The Kier molecular flexibility index (Phi) is 6.58. The molecule has 1 unspecified atom stereocenters. The van der Waals surface area contributed by atoms with Crippen molar-refractivity contribution in [1.29, 1.82) is 0 Å². The summed E-state index contributed by atoms with van der Waals surface area (Å²) in [5, 5.41) is 0.614. The monoisotopic (exact) mass is 554 g/mol. The highest BCUT2D eigenvalue weighted by atomic mass is 32.2. The molecule has 0 spiro atoms. The van der Waals surface area contributed by atoms with Crippen LogP contribution < -0.4 is 10.5 Å². The third kappa shape index (κ3) is 4.82. The minimum absolute atomic E-state index is 0.0877. The average Bonchev–Trinajstić information content (AvgIpc) is 3.25. The number of nitrogens with zero attached hydrogens (tertiary/aromatic N) is 3. The van der Waals surface area contributed by atoms with Gasteiger partial charge in [0.05, 0.1) is 17.5 Å². The van der Waals surface area contributed by atoms with Gasteiger partial charge in [-0.05, 0) is 36.2 Å². The van der Waals surface area contributed by atoms with Crippen LogP contribution in [0.1, 0.15) is 30.0 Å². The number of carbonyl (C=O) groups excluding carboxylic acids is 1. The fourth-order valence-corrected chi connectivity index (χ4v) is 6.09. The molecule has 8 nitrogen and oxygen atoms in total. The van der Waals surface area contributed by atoms with Crippen LogP contribution in [-0.4, -0.2) is 49.1 Å². The van der Waals surface area contributed by atoms with Gasteiger partial charge >= 0.3 is 0 Å². The van der Waals surface area contributed by atoms with E-state index in [4.69, 9.17) is 0 Å². The highest BCUT2D eigenvalue weighted by Crippen LogP contribution is 2.50. The topological polar surface area (TPSA) is 95.5 Å². The van der Waals surface area contributed by atoms with Crippen LogP contribution in [0.3, 0.4) is 0 Å². The summed E-state index contributed by atoms with van der Waals surface area (Å²) in [6, 6.07) is 7.81. The molecule has 0 saturated heterocycles. The summed E-state index contributed by atoms with van der Waals surface area (Å²) in [7, 11) is 1.56. The zero-order valence-electron chi connectivity index (χ0n) is 22.0. The lowest BCUT2D eigenvalue weighted by molar-refractivity contribution is -0.128. The molecule has 11 heteroatoms. The second-order valence-electron chi connectivity index (χ2n) is 10.2. The second-order valence-corrected chi connectivity index (χ2v) is 12.3. The molecule has 0 bridgehead atoms. The minimum atomic E-state index is -3.36. The number of pyridine rings is 1. The van der Waals surface area contributed by atoms with Crippen molar-refractivity contribution in [2.75, 3.05) is 25.3 Å². The molecule has 3 heterocycles. The number of H-pyrrole nitrogens is 1. The number of hydrogen-bond acceptors (Lipinski definition) is 5. The quantitative estimate of drug-likeness (QED) is 0.381. The first-order valence-corrected chi connectivity index (χ1v) is 14.4. The number of fused-ring (bicyclic) bond motifs is 2. The van der Waals surface area contributed by atoms with Crippen molar-refractivity contribution in [2.45, 2.75) is 24.6 Å². The molecule has 1 amide bonds. The van der Waals surface area contributed by atoms with Crippen molar-refractivity contribution in [3.8, 4) is 11.1 Å². The summed E-state index contributed by atoms with van der Waals surface area (Å²) in [5.74, 6) is -1.86. The predicted octanol–water partition coefficient (Wildman–Crippen LogP) is 4.42. The lowest BCUT2D eigenvalue weighted by Gasteiger charge is -2.34. The summed E-state index contributed by atoms with van der Waals surface area (Å²) in [6.07, 6.45) is 4.91. The van der Waals surface area contributed by atoms with E-state index >= 15 is 4.39 Å². The maximum absolute atomic E-state index is 15.4. The molecule has 0 aliphatic carbocycles. The molecule has 1 aliphatic rings. The van der Waals surface area contributed by atoms with Crippen LogP contribution in [0.5, 0.6) is 0 Å². The Hall–Kier alpha value is -3.99. The van der Waals surface area contributed by atoms with Gasteiger partial charge in [0.1, 0.15) is 17.2 Å². The SMILES string of the molecule is CN(C)C(=O)CCC1c2c[nH]c3c(=O)n(C)cc(c23)-c2cc(CS(C)(=O)=O)ccc2N1c1ccc(F)cc1F. The fraction of sp³-hybridized carbons (Fsp3) is 0.286. The van der Waals surface area contributed by atoms with Crippen LogP contribution in [0, 0.1) is 11.6 Å². The number of nitrogens with one attached hydrogen (secondary N) is 1. The predicted molar refractivity (Wildman–Crippen MR) is 147 cm³/mol. The van der Waals surface area contributed by atoms with Gasteiger partial charge in [-0.2, -0.15) is 0 Å². The maximum Gasteiger partial charge on any atom is 0.274 e. The van der Waals surface area contributed by atoms with Gasteiger partial charge in [-0.3, -0.25) is 9.59 Å². The number of amides is 1. The van der Waals surface area contributed by atoms with Gasteiger partial charge in [0.2, 0.25) is 5.91 Å². The Morgan fingerprint density at radius 1 is 1.08 bits per heavy atom. The van der Waals surface area contributed by atoms with E-state index in [1.165, 1.54) is 21.6 Å². The molecule has 1 aliphatic heterocycles. The summed E-state index contributed by atoms with van der Waals surface area (Å²) >= 11 is 0. The number of aryl methyl sites for hydroxylation is 1. The fourth-order valence-electron chi connectivity index (χ4n) is 5.31. The number of halogens is 2. The molecule has 0 fully saturated rings. The number of aromatic amines is 1. The lowest BCUT2D eigenvalue weighted by Crippen LogP contribution is -2.27. The summed E-state index contributed by atoms with van der Waals surface area (Å²) in [6.45, 7) is 0. The first-order chi connectivity index (χ1) is 18.4. The smallest absolute Gasteiger partial charge is 0.274 e. The molecule has 4 aromatic rings. The van der Waals surface area contributed by atoms with E-state index in [0.717, 1.165) is 12.3 Å². The Balaban J connectivity index is 1.86. The van der Waals surface area contributed by atoms with Crippen LogP contribution in [0.25, 0.3) is 22.0 Å². The number of sulfone groups is 1. The highest BCUT2D eigenvalue weighted by molar-refractivity contribution is 7.89. The third-order valence-electron chi connectivity index (χ3n) is 7.05. The number of hydrogen-bond donors (Lipinski definition) is 1. The summed E-state index contributed by atoms with van der Waals surface area (Å²) in [5.41, 5.74) is 3.14. The van der Waals surface area contributed by atoms with Crippen molar-refractivity contribution >= 4 is 38.0 Å². The normalized spacial score (nSPS) is 14.8. The highest BCUT2D eigenvalue weighted by Gasteiger charge is 2.34. The van der Waals surface area contributed by atoms with Crippen LogP contribution in [0.4, 0.5) is 20.2 Å². The largest absolute Gasteiger partial charge is 0.356 e. The van der Waals surface area contributed by atoms with Gasteiger partial charge < -0.3 is 19.4 Å².